The van der Waals surface area contributed by atoms with E-state index in [0.717, 1.165) is 5.56 Å². The van der Waals surface area contributed by atoms with E-state index in [4.69, 9.17) is 21.1 Å². The van der Waals surface area contributed by atoms with Crippen LogP contribution < -0.4 is 14.8 Å². The van der Waals surface area contributed by atoms with Gasteiger partial charge in [-0.25, -0.2) is 4.39 Å². The molecule has 0 radical (unpaired) electrons. The fourth-order valence-electron chi connectivity index (χ4n) is 1.94. The maximum absolute atomic E-state index is 13.5. The van der Waals surface area contributed by atoms with E-state index in [1.54, 1.807) is 36.4 Å². The number of methoxy groups -OCH3 is 1. The van der Waals surface area contributed by atoms with Crippen molar-refractivity contribution in [3.8, 4) is 11.5 Å². The second-order valence-corrected chi connectivity index (χ2v) is 5.25. The van der Waals surface area contributed by atoms with E-state index in [9.17, 15) is 9.18 Å². The standard InChI is InChI=1S/C17H17ClFNO3/c1-22-16-7-2-12(10-15(16)19)8-9-20-17(21)11-23-14-5-3-13(18)4-6-14/h2-7,10H,8-9,11H2,1H3,(H,20,21). The molecule has 1 amide bonds. The molecular formula is C17H17ClFNO3. The fraction of sp³-hybridized carbons (Fsp3) is 0.235. The second kappa shape index (κ2) is 8.39. The van der Waals surface area contributed by atoms with E-state index >= 15 is 0 Å². The summed E-state index contributed by atoms with van der Waals surface area (Å²) in [5, 5.41) is 3.32. The van der Waals surface area contributed by atoms with Crippen molar-refractivity contribution in [2.45, 2.75) is 6.42 Å². The van der Waals surface area contributed by atoms with Gasteiger partial charge in [-0.1, -0.05) is 17.7 Å². The lowest BCUT2D eigenvalue weighted by Crippen LogP contribution is -2.30. The SMILES string of the molecule is COc1ccc(CCNC(=O)COc2ccc(Cl)cc2)cc1F. The van der Waals surface area contributed by atoms with E-state index in [0.29, 0.717) is 23.7 Å². The zero-order valence-corrected chi connectivity index (χ0v) is 13.4. The third kappa shape index (κ3) is 5.45. The van der Waals surface area contributed by atoms with Gasteiger partial charge in [-0.05, 0) is 48.4 Å². The van der Waals surface area contributed by atoms with Crippen LogP contribution in [-0.4, -0.2) is 26.2 Å². The van der Waals surface area contributed by atoms with E-state index in [1.807, 2.05) is 0 Å². The van der Waals surface area contributed by atoms with Crippen LogP contribution in [0.15, 0.2) is 42.5 Å². The quantitative estimate of drug-likeness (QED) is 0.844. The molecule has 2 aromatic rings. The molecule has 2 aromatic carbocycles. The molecule has 0 aliphatic heterocycles. The predicted molar refractivity (Wildman–Crippen MR) is 86.6 cm³/mol. The summed E-state index contributed by atoms with van der Waals surface area (Å²) in [4.78, 5) is 11.7. The highest BCUT2D eigenvalue weighted by Gasteiger charge is 2.05. The van der Waals surface area contributed by atoms with Crippen LogP contribution in [0.25, 0.3) is 0 Å². The minimum atomic E-state index is -0.414. The van der Waals surface area contributed by atoms with Crippen LogP contribution in [0.3, 0.4) is 0 Å². The third-order valence-corrected chi connectivity index (χ3v) is 3.39. The number of hydrogen-bond acceptors (Lipinski definition) is 3. The number of ether oxygens (including phenoxy) is 2. The highest BCUT2D eigenvalue weighted by molar-refractivity contribution is 6.30. The van der Waals surface area contributed by atoms with Gasteiger partial charge < -0.3 is 14.8 Å². The number of carbonyl (C=O) groups excluding carboxylic acids is 1. The van der Waals surface area contributed by atoms with Crippen LogP contribution in [0.5, 0.6) is 11.5 Å². The smallest absolute Gasteiger partial charge is 0.257 e. The van der Waals surface area contributed by atoms with Crippen LogP contribution in [0.1, 0.15) is 5.56 Å². The average molecular weight is 338 g/mol. The Morgan fingerprint density at radius 1 is 1.22 bits per heavy atom. The highest BCUT2D eigenvalue weighted by atomic mass is 35.5. The summed E-state index contributed by atoms with van der Waals surface area (Å²) in [5.41, 5.74) is 0.780. The summed E-state index contributed by atoms with van der Waals surface area (Å²) in [7, 11) is 1.42. The van der Waals surface area contributed by atoms with Gasteiger partial charge in [0.1, 0.15) is 5.75 Å². The molecule has 0 bridgehead atoms. The first-order chi connectivity index (χ1) is 11.1. The van der Waals surface area contributed by atoms with E-state index in [-0.39, 0.29) is 18.3 Å². The van der Waals surface area contributed by atoms with Gasteiger partial charge in [-0.2, -0.15) is 0 Å². The second-order valence-electron chi connectivity index (χ2n) is 4.81. The van der Waals surface area contributed by atoms with E-state index in [1.165, 1.54) is 13.2 Å². The molecule has 0 atom stereocenters. The van der Waals surface area contributed by atoms with E-state index in [2.05, 4.69) is 5.32 Å². The van der Waals surface area contributed by atoms with Gasteiger partial charge in [0.15, 0.2) is 18.2 Å². The Morgan fingerprint density at radius 2 is 1.96 bits per heavy atom. The summed E-state index contributed by atoms with van der Waals surface area (Å²) in [6.45, 7) is 0.313. The number of nitrogens with one attached hydrogen (secondary N) is 1. The van der Waals surface area contributed by atoms with Crippen molar-refractivity contribution in [1.82, 2.24) is 5.32 Å². The Bertz CT molecular complexity index is 661. The molecule has 0 aliphatic carbocycles. The molecule has 0 saturated heterocycles. The van der Waals surface area contributed by atoms with Crippen molar-refractivity contribution in [3.05, 3.63) is 58.9 Å². The molecule has 0 fully saturated rings. The van der Waals surface area contributed by atoms with E-state index < -0.39 is 5.82 Å². The zero-order valence-electron chi connectivity index (χ0n) is 12.6. The predicted octanol–water partition coefficient (Wildman–Crippen LogP) is 3.23. The van der Waals surface area contributed by atoms with Crippen molar-refractivity contribution in [3.63, 3.8) is 0 Å². The molecule has 0 spiro atoms. The van der Waals surface area contributed by atoms with Crippen molar-refractivity contribution in [2.75, 3.05) is 20.3 Å². The van der Waals surface area contributed by atoms with Crippen LogP contribution in [0, 0.1) is 5.82 Å². The van der Waals surface area contributed by atoms with Gasteiger partial charge in [0.05, 0.1) is 7.11 Å². The number of halogens is 2. The summed E-state index contributed by atoms with van der Waals surface area (Å²) in [6, 6.07) is 11.5. The summed E-state index contributed by atoms with van der Waals surface area (Å²) in [6.07, 6.45) is 0.521. The lowest BCUT2D eigenvalue weighted by atomic mass is 10.1. The first kappa shape index (κ1) is 17.1. The average Bonchev–Trinajstić information content (AvgIpc) is 2.54. The molecule has 0 aliphatic rings. The molecule has 2 rings (SSSR count). The number of carbonyl (C=O) groups is 1. The number of hydrogen-bond donors (Lipinski definition) is 1. The van der Waals surface area contributed by atoms with Crippen LogP contribution >= 0.6 is 11.6 Å². The maximum atomic E-state index is 13.5. The zero-order chi connectivity index (χ0) is 16.7. The molecule has 0 saturated carbocycles. The fourth-order valence-corrected chi connectivity index (χ4v) is 2.07. The van der Waals surface area contributed by atoms with Crippen LogP contribution in [0.2, 0.25) is 5.02 Å². The largest absolute Gasteiger partial charge is 0.494 e. The van der Waals surface area contributed by atoms with Crippen molar-refractivity contribution < 1.29 is 18.7 Å². The molecule has 0 heterocycles. The first-order valence-electron chi connectivity index (χ1n) is 7.06. The minimum absolute atomic E-state index is 0.0847. The van der Waals surface area contributed by atoms with Crippen molar-refractivity contribution in [2.24, 2.45) is 0 Å². The lowest BCUT2D eigenvalue weighted by Gasteiger charge is -2.08. The summed E-state index contributed by atoms with van der Waals surface area (Å²) in [5.74, 6) is 0.118. The molecule has 6 heteroatoms. The van der Waals surface area contributed by atoms with Gasteiger partial charge in [-0.15, -0.1) is 0 Å². The Labute approximate surface area is 139 Å². The third-order valence-electron chi connectivity index (χ3n) is 3.14. The number of benzene rings is 2. The van der Waals surface area contributed by atoms with Gasteiger partial charge >= 0.3 is 0 Å². The monoisotopic (exact) mass is 337 g/mol. The topological polar surface area (TPSA) is 47.6 Å². The Balaban J connectivity index is 1.72. The number of rotatable bonds is 7. The highest BCUT2D eigenvalue weighted by Crippen LogP contribution is 2.18. The number of amides is 1. The minimum Gasteiger partial charge on any atom is -0.494 e. The Morgan fingerprint density at radius 3 is 2.61 bits per heavy atom. The Kier molecular flexibility index (Phi) is 6.23. The van der Waals surface area contributed by atoms with Gasteiger partial charge in [0.2, 0.25) is 0 Å². The van der Waals surface area contributed by atoms with Crippen LogP contribution in [0.4, 0.5) is 4.39 Å². The molecule has 4 nitrogen and oxygen atoms in total. The Hall–Kier alpha value is -2.27. The summed E-state index contributed by atoms with van der Waals surface area (Å²) < 4.78 is 23.7. The van der Waals surface area contributed by atoms with Crippen LogP contribution in [-0.2, 0) is 11.2 Å². The van der Waals surface area contributed by atoms with Gasteiger partial charge in [0.25, 0.3) is 5.91 Å². The van der Waals surface area contributed by atoms with Crippen molar-refractivity contribution in [1.29, 1.82) is 0 Å². The summed E-state index contributed by atoms with van der Waals surface area (Å²) >= 11 is 5.76. The maximum Gasteiger partial charge on any atom is 0.257 e. The molecule has 0 aromatic heterocycles. The molecular weight excluding hydrogens is 321 g/mol. The lowest BCUT2D eigenvalue weighted by molar-refractivity contribution is -0.123. The molecule has 23 heavy (non-hydrogen) atoms. The van der Waals surface area contributed by atoms with Crippen molar-refractivity contribution >= 4 is 17.5 Å². The molecule has 122 valence electrons. The van der Waals surface area contributed by atoms with Gasteiger partial charge in [0, 0.05) is 11.6 Å². The molecule has 1 N–H and O–H groups in total. The normalized spacial score (nSPS) is 10.2. The first-order valence-corrected chi connectivity index (χ1v) is 7.44. The molecule has 0 unspecified atom stereocenters. The van der Waals surface area contributed by atoms with Gasteiger partial charge in [-0.3, -0.25) is 4.79 Å².